The molecule has 0 unspecified atom stereocenters. The van der Waals surface area contributed by atoms with Gasteiger partial charge >= 0.3 is 0 Å². The molecule has 4 rings (SSSR count). The third-order valence-electron chi connectivity index (χ3n) is 3.74. The first-order chi connectivity index (χ1) is 9.93. The SMILES string of the molecule is c1ccc([O+]2c3ccccc3Cc3ccccc32)cc1. The molecule has 0 saturated heterocycles. The second-order valence-electron chi connectivity index (χ2n) is 5.01. The molecule has 1 heteroatoms. The zero-order valence-electron chi connectivity index (χ0n) is 11.1. The molecule has 0 atom stereocenters. The van der Waals surface area contributed by atoms with Gasteiger partial charge in [0.2, 0.25) is 0 Å². The van der Waals surface area contributed by atoms with Crippen molar-refractivity contribution >= 4 is 0 Å². The van der Waals surface area contributed by atoms with E-state index in [0.29, 0.717) is 0 Å². The quantitative estimate of drug-likeness (QED) is 0.406. The summed E-state index contributed by atoms with van der Waals surface area (Å²) in [6.45, 7) is 0. The highest BCUT2D eigenvalue weighted by Gasteiger charge is 2.30. The molecule has 96 valence electrons. The summed E-state index contributed by atoms with van der Waals surface area (Å²) in [7, 11) is 0. The maximum atomic E-state index is 3.35. The average Bonchev–Trinajstić information content (AvgIpc) is 2.53. The Morgan fingerprint density at radius 2 is 1.05 bits per heavy atom. The zero-order valence-corrected chi connectivity index (χ0v) is 11.1. The van der Waals surface area contributed by atoms with Gasteiger partial charge in [0.1, 0.15) is 0 Å². The molecule has 0 N–H and O–H groups in total. The van der Waals surface area contributed by atoms with Crippen molar-refractivity contribution in [3.05, 3.63) is 90.0 Å². The van der Waals surface area contributed by atoms with Crippen molar-refractivity contribution in [1.29, 1.82) is 0 Å². The Morgan fingerprint density at radius 1 is 0.550 bits per heavy atom. The Morgan fingerprint density at radius 3 is 1.65 bits per heavy atom. The summed E-state index contributed by atoms with van der Waals surface area (Å²) in [5.41, 5.74) is 2.69. The molecule has 0 saturated carbocycles. The number of rotatable bonds is 1. The molecule has 0 spiro atoms. The number of hydrogen-bond donors (Lipinski definition) is 0. The van der Waals surface area contributed by atoms with E-state index in [2.05, 4.69) is 77.2 Å². The molecule has 1 aliphatic heterocycles. The average molecular weight is 259 g/mol. The second kappa shape index (κ2) is 4.53. The predicted octanol–water partition coefficient (Wildman–Crippen LogP) is 5.33. The van der Waals surface area contributed by atoms with Crippen molar-refractivity contribution in [2.24, 2.45) is 0 Å². The van der Waals surface area contributed by atoms with Crippen molar-refractivity contribution < 1.29 is 4.37 Å². The van der Waals surface area contributed by atoms with Crippen LogP contribution in [0.2, 0.25) is 0 Å². The molecule has 0 aromatic heterocycles. The molecule has 3 aromatic rings. The Kier molecular flexibility index (Phi) is 2.56. The van der Waals surface area contributed by atoms with Crippen molar-refractivity contribution in [3.63, 3.8) is 0 Å². The molecule has 0 radical (unpaired) electrons. The Hall–Kier alpha value is -2.54. The lowest BCUT2D eigenvalue weighted by Gasteiger charge is -2.29. The van der Waals surface area contributed by atoms with E-state index in [1.807, 2.05) is 6.07 Å². The Labute approximate surface area is 118 Å². The summed E-state index contributed by atoms with van der Waals surface area (Å²) in [4.78, 5) is 0. The Balaban J connectivity index is 1.98. The third kappa shape index (κ3) is 1.71. The molecule has 0 aliphatic carbocycles. The predicted molar refractivity (Wildman–Crippen MR) is 81.7 cm³/mol. The van der Waals surface area contributed by atoms with Crippen LogP contribution >= 0.6 is 0 Å². The van der Waals surface area contributed by atoms with Gasteiger partial charge in [0.25, 0.3) is 17.2 Å². The highest BCUT2D eigenvalue weighted by molar-refractivity contribution is 5.55. The van der Waals surface area contributed by atoms with Gasteiger partial charge in [0.05, 0.1) is 11.1 Å². The van der Waals surface area contributed by atoms with Crippen LogP contribution in [0.3, 0.4) is 0 Å². The normalized spacial score (nSPS) is 12.7. The first-order valence-electron chi connectivity index (χ1n) is 6.88. The van der Waals surface area contributed by atoms with Gasteiger partial charge < -0.3 is 4.37 Å². The molecule has 1 nitrogen and oxygen atoms in total. The summed E-state index contributed by atoms with van der Waals surface area (Å²) in [5.74, 6) is 3.54. The smallest absolute Gasteiger partial charge is 0.271 e. The molecule has 20 heavy (non-hydrogen) atoms. The van der Waals surface area contributed by atoms with E-state index in [4.69, 9.17) is 0 Å². The van der Waals surface area contributed by atoms with Crippen molar-refractivity contribution in [3.8, 4) is 17.2 Å². The fourth-order valence-corrected chi connectivity index (χ4v) is 2.83. The third-order valence-corrected chi connectivity index (χ3v) is 3.74. The summed E-state index contributed by atoms with van der Waals surface area (Å²) < 4.78 is 3.35. The number of para-hydroxylation sites is 3. The maximum Gasteiger partial charge on any atom is 0.271 e. The van der Waals surface area contributed by atoms with Gasteiger partial charge in [0, 0.05) is 30.7 Å². The molecule has 0 amide bonds. The standard InChI is InChI=1S/C19H15O/c1-2-10-17(11-3-1)20-18-12-6-4-8-15(18)14-16-9-5-7-13-19(16)20/h1-13H,14H2/q+1. The van der Waals surface area contributed by atoms with Crippen LogP contribution in [0.1, 0.15) is 11.1 Å². The van der Waals surface area contributed by atoms with Gasteiger partial charge in [-0.05, 0) is 12.1 Å². The molecular formula is C19H15O+. The van der Waals surface area contributed by atoms with E-state index in [1.165, 1.54) is 22.6 Å². The van der Waals surface area contributed by atoms with Crippen LogP contribution in [0.25, 0.3) is 0 Å². The van der Waals surface area contributed by atoms with Crippen LogP contribution < -0.4 is 4.37 Å². The van der Waals surface area contributed by atoms with Crippen LogP contribution in [0, 0.1) is 0 Å². The van der Waals surface area contributed by atoms with Crippen molar-refractivity contribution in [2.45, 2.75) is 6.42 Å². The van der Waals surface area contributed by atoms with Gasteiger partial charge in [-0.1, -0.05) is 42.5 Å². The van der Waals surface area contributed by atoms with Gasteiger partial charge in [-0.15, -0.1) is 0 Å². The van der Waals surface area contributed by atoms with Crippen LogP contribution in [-0.2, 0) is 6.42 Å². The van der Waals surface area contributed by atoms with E-state index >= 15 is 0 Å². The minimum Gasteiger partial charge on any atom is -0.498 e. The molecule has 0 bridgehead atoms. The fourth-order valence-electron chi connectivity index (χ4n) is 2.83. The summed E-state index contributed by atoms with van der Waals surface area (Å²) in [6.07, 6.45) is 0.989. The Bertz CT molecular complexity index is 701. The molecule has 1 aliphatic rings. The van der Waals surface area contributed by atoms with Gasteiger partial charge in [-0.25, -0.2) is 0 Å². The summed E-state index contributed by atoms with van der Waals surface area (Å²) >= 11 is 0. The van der Waals surface area contributed by atoms with Crippen molar-refractivity contribution in [1.82, 2.24) is 0 Å². The van der Waals surface area contributed by atoms with Crippen LogP contribution in [0.15, 0.2) is 78.9 Å². The fraction of sp³-hybridized carbons (Fsp3) is 0.0526. The largest absolute Gasteiger partial charge is 0.498 e. The molecule has 3 aromatic carbocycles. The summed E-state index contributed by atoms with van der Waals surface area (Å²) in [5, 5.41) is 0. The first-order valence-corrected chi connectivity index (χ1v) is 6.88. The topological polar surface area (TPSA) is 2.70 Å². The van der Waals surface area contributed by atoms with Crippen molar-refractivity contribution in [2.75, 3.05) is 0 Å². The van der Waals surface area contributed by atoms with E-state index in [1.54, 1.807) is 0 Å². The molecular weight excluding hydrogens is 244 g/mol. The lowest BCUT2D eigenvalue weighted by atomic mass is 10.00. The summed E-state index contributed by atoms with van der Waals surface area (Å²) in [6, 6.07) is 27.6. The lowest BCUT2D eigenvalue weighted by molar-refractivity contribution is 0.221. The number of hydrogen-bond acceptors (Lipinski definition) is 0. The monoisotopic (exact) mass is 259 g/mol. The van der Waals surface area contributed by atoms with E-state index in [9.17, 15) is 0 Å². The van der Waals surface area contributed by atoms with Crippen LogP contribution in [0.5, 0.6) is 17.2 Å². The highest BCUT2D eigenvalue weighted by atomic mass is 16.7. The first kappa shape index (κ1) is 11.3. The van der Waals surface area contributed by atoms with Gasteiger partial charge in [0.15, 0.2) is 0 Å². The second-order valence-corrected chi connectivity index (χ2v) is 5.01. The highest BCUT2D eigenvalue weighted by Crippen LogP contribution is 2.47. The zero-order chi connectivity index (χ0) is 13.4. The van der Waals surface area contributed by atoms with Crippen LogP contribution in [0.4, 0.5) is 0 Å². The van der Waals surface area contributed by atoms with E-state index in [0.717, 1.165) is 12.2 Å². The van der Waals surface area contributed by atoms with Gasteiger partial charge in [-0.2, -0.15) is 0 Å². The lowest BCUT2D eigenvalue weighted by Crippen LogP contribution is -2.14. The minimum absolute atomic E-state index is 0.989. The number of fused-ring (bicyclic) bond motifs is 2. The van der Waals surface area contributed by atoms with E-state index in [-0.39, 0.29) is 0 Å². The van der Waals surface area contributed by atoms with Gasteiger partial charge in [-0.3, -0.25) is 0 Å². The number of benzene rings is 3. The molecule has 1 heterocycles. The van der Waals surface area contributed by atoms with Crippen LogP contribution in [-0.4, -0.2) is 0 Å². The maximum absolute atomic E-state index is 3.35. The minimum atomic E-state index is 0.989. The van der Waals surface area contributed by atoms with E-state index < -0.39 is 0 Å². The molecule has 0 fully saturated rings.